The fraction of sp³-hybridized carbons (Fsp3) is 0.455. The molecule has 1 fully saturated rings. The van der Waals surface area contributed by atoms with Gasteiger partial charge in [-0.3, -0.25) is 0 Å². The Balaban J connectivity index is 1.98. The SMILES string of the molecule is CC1CCC1Nc1ccc(N)cc1. The van der Waals surface area contributed by atoms with Crippen molar-refractivity contribution in [2.75, 3.05) is 11.1 Å². The Kier molecular flexibility index (Phi) is 2.13. The van der Waals surface area contributed by atoms with Gasteiger partial charge in [-0.25, -0.2) is 0 Å². The average Bonchev–Trinajstić information content (AvgIpc) is 2.15. The quantitative estimate of drug-likeness (QED) is 0.679. The minimum atomic E-state index is 0.670. The van der Waals surface area contributed by atoms with Crippen LogP contribution in [-0.4, -0.2) is 6.04 Å². The Morgan fingerprint density at radius 2 is 1.92 bits per heavy atom. The van der Waals surface area contributed by atoms with E-state index in [1.807, 2.05) is 24.3 Å². The summed E-state index contributed by atoms with van der Waals surface area (Å²) in [5, 5.41) is 3.50. The van der Waals surface area contributed by atoms with Gasteiger partial charge in [0.05, 0.1) is 0 Å². The van der Waals surface area contributed by atoms with E-state index in [9.17, 15) is 0 Å². The Bertz CT molecular complexity index is 279. The molecule has 2 atom stereocenters. The van der Waals surface area contributed by atoms with Crippen molar-refractivity contribution in [3.63, 3.8) is 0 Å². The first-order valence-electron chi connectivity index (χ1n) is 4.88. The molecule has 0 spiro atoms. The van der Waals surface area contributed by atoms with E-state index in [-0.39, 0.29) is 0 Å². The van der Waals surface area contributed by atoms with Crippen LogP contribution in [0.2, 0.25) is 0 Å². The number of benzene rings is 1. The zero-order valence-corrected chi connectivity index (χ0v) is 7.96. The molecule has 1 aliphatic carbocycles. The predicted molar refractivity (Wildman–Crippen MR) is 56.7 cm³/mol. The van der Waals surface area contributed by atoms with Gasteiger partial charge in [0.15, 0.2) is 0 Å². The van der Waals surface area contributed by atoms with Crippen molar-refractivity contribution in [1.82, 2.24) is 0 Å². The zero-order chi connectivity index (χ0) is 9.26. The molecule has 1 aliphatic rings. The highest BCUT2D eigenvalue weighted by molar-refractivity contribution is 5.51. The molecule has 13 heavy (non-hydrogen) atoms. The van der Waals surface area contributed by atoms with Gasteiger partial charge in [0.1, 0.15) is 0 Å². The van der Waals surface area contributed by atoms with E-state index in [4.69, 9.17) is 5.73 Å². The number of nitrogens with two attached hydrogens (primary N) is 1. The summed E-state index contributed by atoms with van der Waals surface area (Å²) in [6.45, 7) is 2.29. The molecule has 2 rings (SSSR count). The maximum Gasteiger partial charge on any atom is 0.0343 e. The summed E-state index contributed by atoms with van der Waals surface area (Å²) < 4.78 is 0. The van der Waals surface area contributed by atoms with Crippen molar-refractivity contribution in [1.29, 1.82) is 0 Å². The average molecular weight is 176 g/mol. The van der Waals surface area contributed by atoms with Crippen LogP contribution in [0.5, 0.6) is 0 Å². The first-order chi connectivity index (χ1) is 6.25. The highest BCUT2D eigenvalue weighted by Gasteiger charge is 2.25. The molecule has 0 amide bonds. The van der Waals surface area contributed by atoms with Crippen LogP contribution in [0, 0.1) is 5.92 Å². The fourth-order valence-corrected chi connectivity index (χ4v) is 1.67. The fourth-order valence-electron chi connectivity index (χ4n) is 1.67. The van der Waals surface area contributed by atoms with Gasteiger partial charge >= 0.3 is 0 Å². The monoisotopic (exact) mass is 176 g/mol. The molecule has 0 aromatic heterocycles. The Morgan fingerprint density at radius 3 is 2.38 bits per heavy atom. The molecule has 0 radical (unpaired) electrons. The summed E-state index contributed by atoms with van der Waals surface area (Å²) in [6.07, 6.45) is 2.65. The molecular formula is C11H16N2. The third kappa shape index (κ3) is 1.77. The molecule has 2 heteroatoms. The summed E-state index contributed by atoms with van der Waals surface area (Å²) >= 11 is 0. The summed E-state index contributed by atoms with van der Waals surface area (Å²) in [5.74, 6) is 0.817. The predicted octanol–water partition coefficient (Wildman–Crippen LogP) is 2.48. The van der Waals surface area contributed by atoms with Gasteiger partial charge in [-0.2, -0.15) is 0 Å². The van der Waals surface area contributed by atoms with E-state index in [1.165, 1.54) is 18.5 Å². The van der Waals surface area contributed by atoms with Crippen molar-refractivity contribution in [3.05, 3.63) is 24.3 Å². The van der Waals surface area contributed by atoms with Crippen molar-refractivity contribution in [2.24, 2.45) is 5.92 Å². The number of nitrogens with one attached hydrogen (secondary N) is 1. The van der Waals surface area contributed by atoms with E-state index in [2.05, 4.69) is 12.2 Å². The molecule has 2 nitrogen and oxygen atoms in total. The van der Waals surface area contributed by atoms with Crippen LogP contribution >= 0.6 is 0 Å². The van der Waals surface area contributed by atoms with Crippen molar-refractivity contribution in [3.8, 4) is 0 Å². The van der Waals surface area contributed by atoms with Gasteiger partial charge in [-0.05, 0) is 43.0 Å². The van der Waals surface area contributed by atoms with E-state index in [0.717, 1.165) is 11.6 Å². The van der Waals surface area contributed by atoms with Crippen molar-refractivity contribution in [2.45, 2.75) is 25.8 Å². The van der Waals surface area contributed by atoms with Gasteiger partial charge < -0.3 is 11.1 Å². The lowest BCUT2D eigenvalue weighted by atomic mass is 9.81. The van der Waals surface area contributed by atoms with Gasteiger partial charge in [-0.15, -0.1) is 0 Å². The van der Waals surface area contributed by atoms with Gasteiger partial charge in [0.2, 0.25) is 0 Å². The lowest BCUT2D eigenvalue weighted by molar-refractivity contribution is 0.303. The van der Waals surface area contributed by atoms with Crippen LogP contribution < -0.4 is 11.1 Å². The smallest absolute Gasteiger partial charge is 0.0343 e. The van der Waals surface area contributed by atoms with Crippen LogP contribution in [0.3, 0.4) is 0 Å². The minimum Gasteiger partial charge on any atom is -0.399 e. The van der Waals surface area contributed by atoms with Gasteiger partial charge in [-0.1, -0.05) is 6.92 Å². The second-order valence-electron chi connectivity index (χ2n) is 3.93. The molecule has 1 aromatic carbocycles. The second kappa shape index (κ2) is 3.29. The number of hydrogen-bond donors (Lipinski definition) is 2. The molecule has 0 aliphatic heterocycles. The van der Waals surface area contributed by atoms with Crippen LogP contribution in [0.15, 0.2) is 24.3 Å². The minimum absolute atomic E-state index is 0.670. The molecule has 0 bridgehead atoms. The number of rotatable bonds is 2. The summed E-state index contributed by atoms with van der Waals surface area (Å²) in [6, 6.07) is 8.63. The normalized spacial score (nSPS) is 26.5. The Labute approximate surface area is 79.1 Å². The molecule has 1 aromatic rings. The molecular weight excluding hydrogens is 160 g/mol. The van der Waals surface area contributed by atoms with Gasteiger partial charge in [0.25, 0.3) is 0 Å². The van der Waals surface area contributed by atoms with E-state index >= 15 is 0 Å². The van der Waals surface area contributed by atoms with Crippen LogP contribution in [0.25, 0.3) is 0 Å². The van der Waals surface area contributed by atoms with Crippen LogP contribution in [-0.2, 0) is 0 Å². The molecule has 0 heterocycles. The van der Waals surface area contributed by atoms with Crippen molar-refractivity contribution >= 4 is 11.4 Å². The molecule has 70 valence electrons. The maximum absolute atomic E-state index is 5.60. The van der Waals surface area contributed by atoms with E-state index in [0.29, 0.717) is 6.04 Å². The number of nitrogen functional groups attached to an aromatic ring is 1. The summed E-state index contributed by atoms with van der Waals surface area (Å²) in [5.41, 5.74) is 7.62. The molecule has 3 N–H and O–H groups in total. The third-order valence-corrected chi connectivity index (χ3v) is 2.88. The van der Waals surface area contributed by atoms with Crippen LogP contribution in [0.1, 0.15) is 19.8 Å². The van der Waals surface area contributed by atoms with E-state index < -0.39 is 0 Å². The summed E-state index contributed by atoms with van der Waals surface area (Å²) in [7, 11) is 0. The molecule has 0 saturated heterocycles. The number of hydrogen-bond acceptors (Lipinski definition) is 2. The molecule has 2 unspecified atom stereocenters. The van der Waals surface area contributed by atoms with Crippen LogP contribution in [0.4, 0.5) is 11.4 Å². The zero-order valence-electron chi connectivity index (χ0n) is 7.96. The summed E-state index contributed by atoms with van der Waals surface area (Å²) in [4.78, 5) is 0. The standard InChI is InChI=1S/C11H16N2/c1-8-2-7-11(8)13-10-5-3-9(12)4-6-10/h3-6,8,11,13H,2,7,12H2,1H3. The Morgan fingerprint density at radius 1 is 1.23 bits per heavy atom. The van der Waals surface area contributed by atoms with Crippen molar-refractivity contribution < 1.29 is 0 Å². The van der Waals surface area contributed by atoms with E-state index in [1.54, 1.807) is 0 Å². The highest BCUT2D eigenvalue weighted by Crippen LogP contribution is 2.29. The first-order valence-corrected chi connectivity index (χ1v) is 4.88. The largest absolute Gasteiger partial charge is 0.399 e. The topological polar surface area (TPSA) is 38.0 Å². The lowest BCUT2D eigenvalue weighted by Crippen LogP contribution is -2.36. The third-order valence-electron chi connectivity index (χ3n) is 2.88. The van der Waals surface area contributed by atoms with Gasteiger partial charge in [0, 0.05) is 17.4 Å². The Hall–Kier alpha value is -1.18. The maximum atomic E-state index is 5.60. The molecule has 1 saturated carbocycles. The highest BCUT2D eigenvalue weighted by atomic mass is 14.9. The number of anilines is 2. The lowest BCUT2D eigenvalue weighted by Gasteiger charge is -2.35. The second-order valence-corrected chi connectivity index (χ2v) is 3.93. The first kappa shape index (κ1) is 8.42.